The van der Waals surface area contributed by atoms with Gasteiger partial charge in [0.1, 0.15) is 12.4 Å². The smallest absolute Gasteiger partial charge is 0.336 e. The first kappa shape index (κ1) is 17.2. The molecule has 0 amide bonds. The minimum atomic E-state index is -1.27. The van der Waals surface area contributed by atoms with Gasteiger partial charge in [0.2, 0.25) is 0 Å². The minimum Gasteiger partial charge on any atom is -0.489 e. The summed E-state index contributed by atoms with van der Waals surface area (Å²) < 4.78 is 5.61. The summed E-state index contributed by atoms with van der Waals surface area (Å²) in [5.74, 6) is -2.68. The first-order valence-corrected chi connectivity index (χ1v) is 7.18. The molecule has 2 aromatic carbocycles. The van der Waals surface area contributed by atoms with Crippen molar-refractivity contribution in [2.24, 2.45) is 0 Å². The van der Waals surface area contributed by atoms with Crippen molar-refractivity contribution in [3.05, 3.63) is 64.7 Å². The van der Waals surface area contributed by atoms with Crippen molar-refractivity contribution >= 4 is 17.7 Å². The topological polar surface area (TPSA) is 101 Å². The summed E-state index contributed by atoms with van der Waals surface area (Å²) in [5.41, 5.74) is 0.866. The molecule has 0 saturated carbocycles. The van der Waals surface area contributed by atoms with E-state index in [4.69, 9.17) is 9.84 Å². The number of carboxylic acid groups (broad SMARTS) is 2. The normalized spacial score (nSPS) is 10.2. The number of benzene rings is 2. The summed E-state index contributed by atoms with van der Waals surface area (Å²) in [7, 11) is 0. The predicted octanol–water partition coefficient (Wildman–Crippen LogP) is 2.79. The van der Waals surface area contributed by atoms with Gasteiger partial charge in [0.05, 0.1) is 12.0 Å². The van der Waals surface area contributed by atoms with Gasteiger partial charge in [-0.15, -0.1) is 0 Å². The van der Waals surface area contributed by atoms with Crippen LogP contribution in [0.3, 0.4) is 0 Å². The molecule has 0 saturated heterocycles. The van der Waals surface area contributed by atoms with E-state index in [1.165, 1.54) is 19.1 Å². The molecular formula is C18H16O6. The van der Waals surface area contributed by atoms with Crippen LogP contribution in [0.15, 0.2) is 42.5 Å². The number of carbonyl (C=O) groups is 3. The third-order valence-corrected chi connectivity index (χ3v) is 3.39. The fraction of sp³-hybridized carbons (Fsp3) is 0.167. The lowest BCUT2D eigenvalue weighted by Gasteiger charge is -2.14. The molecule has 2 rings (SSSR count). The fourth-order valence-electron chi connectivity index (χ4n) is 2.26. The fourth-order valence-corrected chi connectivity index (χ4v) is 2.26. The number of carbonyl (C=O) groups excluding carboxylic acids is 1. The van der Waals surface area contributed by atoms with E-state index >= 15 is 0 Å². The van der Waals surface area contributed by atoms with Crippen molar-refractivity contribution in [2.45, 2.75) is 20.0 Å². The Morgan fingerprint density at radius 1 is 1.00 bits per heavy atom. The van der Waals surface area contributed by atoms with Crippen molar-refractivity contribution in [1.29, 1.82) is 0 Å². The van der Waals surface area contributed by atoms with E-state index in [1.807, 2.05) is 30.3 Å². The van der Waals surface area contributed by atoms with Crippen LogP contribution in [0.5, 0.6) is 5.75 Å². The number of aliphatic carboxylic acids is 1. The second-order valence-corrected chi connectivity index (χ2v) is 5.21. The molecule has 0 heterocycles. The number of carboxylic acids is 2. The molecule has 0 bridgehead atoms. The first-order chi connectivity index (χ1) is 11.4. The molecule has 0 aromatic heterocycles. The van der Waals surface area contributed by atoms with Crippen LogP contribution in [0.4, 0.5) is 0 Å². The zero-order valence-electron chi connectivity index (χ0n) is 13.0. The molecule has 2 aromatic rings. The third-order valence-electron chi connectivity index (χ3n) is 3.39. The van der Waals surface area contributed by atoms with E-state index in [0.29, 0.717) is 0 Å². The summed E-state index contributed by atoms with van der Waals surface area (Å²) in [6.07, 6.45) is -0.371. The third kappa shape index (κ3) is 4.19. The standard InChI is InChI=1S/C18H16O6/c1-11(19)14-7-13(8-17(20)21)16(9-15(14)18(22)23)24-10-12-5-3-2-4-6-12/h2-7,9H,8,10H2,1H3,(H,20,21)(H,22,23). The Labute approximate surface area is 138 Å². The summed E-state index contributed by atoms with van der Waals surface area (Å²) in [6.45, 7) is 1.39. The van der Waals surface area contributed by atoms with Crippen LogP contribution >= 0.6 is 0 Å². The number of aromatic carboxylic acids is 1. The lowest BCUT2D eigenvalue weighted by Crippen LogP contribution is -2.11. The van der Waals surface area contributed by atoms with Crippen LogP contribution in [0.2, 0.25) is 0 Å². The van der Waals surface area contributed by atoms with Crippen molar-refractivity contribution in [3.8, 4) is 5.75 Å². The molecule has 124 valence electrons. The van der Waals surface area contributed by atoms with Gasteiger partial charge in [0.15, 0.2) is 5.78 Å². The van der Waals surface area contributed by atoms with Crippen LogP contribution in [-0.4, -0.2) is 27.9 Å². The molecule has 0 spiro atoms. The van der Waals surface area contributed by atoms with Gasteiger partial charge in [-0.05, 0) is 24.6 Å². The minimum absolute atomic E-state index is 0.0363. The molecule has 0 fully saturated rings. The zero-order valence-corrected chi connectivity index (χ0v) is 13.0. The van der Waals surface area contributed by atoms with Crippen LogP contribution < -0.4 is 4.74 Å². The van der Waals surface area contributed by atoms with E-state index in [9.17, 15) is 19.5 Å². The van der Waals surface area contributed by atoms with E-state index in [0.717, 1.165) is 5.56 Å². The van der Waals surface area contributed by atoms with Crippen molar-refractivity contribution < 1.29 is 29.3 Å². The van der Waals surface area contributed by atoms with Gasteiger partial charge in [-0.25, -0.2) is 4.79 Å². The average Bonchev–Trinajstić information content (AvgIpc) is 2.53. The highest BCUT2D eigenvalue weighted by atomic mass is 16.5. The Morgan fingerprint density at radius 2 is 1.67 bits per heavy atom. The monoisotopic (exact) mass is 328 g/mol. The maximum absolute atomic E-state index is 11.6. The lowest BCUT2D eigenvalue weighted by molar-refractivity contribution is -0.136. The molecule has 0 unspecified atom stereocenters. The molecule has 0 radical (unpaired) electrons. The van der Waals surface area contributed by atoms with Gasteiger partial charge in [0, 0.05) is 11.1 Å². The first-order valence-electron chi connectivity index (χ1n) is 7.18. The van der Waals surface area contributed by atoms with Crippen LogP contribution in [0, 0.1) is 0 Å². The Balaban J connectivity index is 2.42. The van der Waals surface area contributed by atoms with Crippen molar-refractivity contribution in [3.63, 3.8) is 0 Å². The predicted molar refractivity (Wildman–Crippen MR) is 85.5 cm³/mol. The zero-order chi connectivity index (χ0) is 17.7. The van der Waals surface area contributed by atoms with Crippen LogP contribution in [0.25, 0.3) is 0 Å². The number of hydrogen-bond acceptors (Lipinski definition) is 4. The number of rotatable bonds is 7. The Morgan fingerprint density at radius 3 is 2.21 bits per heavy atom. The summed E-state index contributed by atoms with van der Waals surface area (Å²) in [4.78, 5) is 34.0. The second kappa shape index (κ2) is 7.41. The summed E-state index contributed by atoms with van der Waals surface area (Å²) in [6, 6.07) is 11.7. The number of ketones is 1. The van der Waals surface area contributed by atoms with Gasteiger partial charge < -0.3 is 14.9 Å². The van der Waals surface area contributed by atoms with Crippen LogP contribution in [-0.2, 0) is 17.8 Å². The second-order valence-electron chi connectivity index (χ2n) is 5.21. The Kier molecular flexibility index (Phi) is 5.31. The van der Waals surface area contributed by atoms with Gasteiger partial charge in [-0.2, -0.15) is 0 Å². The number of ether oxygens (including phenoxy) is 1. The lowest BCUT2D eigenvalue weighted by atomic mass is 9.98. The van der Waals surface area contributed by atoms with Gasteiger partial charge in [0.25, 0.3) is 0 Å². The molecule has 0 aliphatic rings. The number of Topliss-reactive ketones (excluding diaryl/α,β-unsaturated/α-hetero) is 1. The number of hydrogen-bond donors (Lipinski definition) is 2. The van der Waals surface area contributed by atoms with Gasteiger partial charge in [-0.3, -0.25) is 9.59 Å². The van der Waals surface area contributed by atoms with E-state index < -0.39 is 17.7 Å². The van der Waals surface area contributed by atoms with Gasteiger partial charge in [-0.1, -0.05) is 30.3 Å². The molecule has 0 aliphatic carbocycles. The Hall–Kier alpha value is -3.15. The molecule has 2 N–H and O–H groups in total. The van der Waals surface area contributed by atoms with Crippen molar-refractivity contribution in [2.75, 3.05) is 0 Å². The van der Waals surface area contributed by atoms with E-state index in [1.54, 1.807) is 0 Å². The molecule has 6 nitrogen and oxygen atoms in total. The summed E-state index contributed by atoms with van der Waals surface area (Å²) in [5, 5.41) is 18.3. The molecule has 6 heteroatoms. The highest BCUT2D eigenvalue weighted by Crippen LogP contribution is 2.26. The molecule has 0 atom stereocenters. The van der Waals surface area contributed by atoms with Crippen LogP contribution in [0.1, 0.15) is 38.8 Å². The molecule has 24 heavy (non-hydrogen) atoms. The average molecular weight is 328 g/mol. The van der Waals surface area contributed by atoms with E-state index in [2.05, 4.69) is 0 Å². The SMILES string of the molecule is CC(=O)c1cc(CC(=O)O)c(OCc2ccccc2)cc1C(=O)O. The Bertz CT molecular complexity index is 780. The highest BCUT2D eigenvalue weighted by molar-refractivity contribution is 6.05. The summed E-state index contributed by atoms with van der Waals surface area (Å²) >= 11 is 0. The molecular weight excluding hydrogens is 312 g/mol. The van der Waals surface area contributed by atoms with Gasteiger partial charge >= 0.3 is 11.9 Å². The van der Waals surface area contributed by atoms with Crippen molar-refractivity contribution in [1.82, 2.24) is 0 Å². The maximum atomic E-state index is 11.6. The molecule has 0 aliphatic heterocycles. The maximum Gasteiger partial charge on any atom is 0.336 e. The highest BCUT2D eigenvalue weighted by Gasteiger charge is 2.20. The largest absolute Gasteiger partial charge is 0.489 e. The quantitative estimate of drug-likeness (QED) is 0.758. The van der Waals surface area contributed by atoms with E-state index in [-0.39, 0.29) is 35.5 Å².